The van der Waals surface area contributed by atoms with Crippen LogP contribution in [-0.2, 0) is 4.79 Å². The predicted molar refractivity (Wildman–Crippen MR) is 37.5 cm³/mol. The van der Waals surface area contributed by atoms with Crippen molar-refractivity contribution in [2.24, 2.45) is 0 Å². The zero-order valence-corrected chi connectivity index (χ0v) is 6.34. The summed E-state index contributed by atoms with van der Waals surface area (Å²) < 4.78 is 0. The fourth-order valence-electron chi connectivity index (χ4n) is 0.318. The van der Waals surface area contributed by atoms with Crippen LogP contribution in [0.2, 0.25) is 0 Å². The van der Waals surface area contributed by atoms with Gasteiger partial charge in [0, 0.05) is 12.2 Å². The summed E-state index contributed by atoms with van der Waals surface area (Å²) in [7, 11) is 0. The number of hydrogen-bond acceptors (Lipinski definition) is 2. The third kappa shape index (κ3) is 4.19. The molecule has 0 fully saturated rings. The lowest BCUT2D eigenvalue weighted by Crippen LogP contribution is -1.87. The summed E-state index contributed by atoms with van der Waals surface area (Å²) in [4.78, 5) is 10.4. The first-order chi connectivity index (χ1) is 3.66. The Kier molecular flexibility index (Phi) is 3.97. The molecule has 0 unspecified atom stereocenters. The lowest BCUT2D eigenvalue weighted by Gasteiger charge is -2.00. The Labute approximate surface area is 54.8 Å². The van der Waals surface area contributed by atoms with E-state index in [0.29, 0.717) is 0 Å². The van der Waals surface area contributed by atoms with E-state index in [9.17, 15) is 4.79 Å². The van der Waals surface area contributed by atoms with Crippen LogP contribution < -0.4 is 0 Å². The molecule has 0 amide bonds. The largest absolute Gasteiger partial charge is 0.288 e. The van der Waals surface area contributed by atoms with Gasteiger partial charge in [-0.05, 0) is 13.3 Å². The van der Waals surface area contributed by atoms with Crippen LogP contribution in [-0.4, -0.2) is 5.12 Å². The minimum Gasteiger partial charge on any atom is -0.288 e. The Hall–Kier alpha value is 0.0200. The molecular formula is C6H11OS. The highest BCUT2D eigenvalue weighted by molar-refractivity contribution is 8.15. The molecular weight excluding hydrogens is 120 g/mol. The van der Waals surface area contributed by atoms with Gasteiger partial charge in [0.15, 0.2) is 5.12 Å². The van der Waals surface area contributed by atoms with Crippen molar-refractivity contribution in [3.8, 4) is 0 Å². The maximum absolute atomic E-state index is 10.4. The first-order valence-electron chi connectivity index (χ1n) is 2.67. The highest BCUT2D eigenvalue weighted by atomic mass is 32.2. The van der Waals surface area contributed by atoms with Crippen molar-refractivity contribution in [1.82, 2.24) is 0 Å². The fraction of sp³-hybridized carbons (Fsp3) is 0.667. The Morgan fingerprint density at radius 2 is 2.00 bits per heavy atom. The second kappa shape index (κ2) is 3.96. The highest BCUT2D eigenvalue weighted by Gasteiger charge is 2.01. The van der Waals surface area contributed by atoms with Gasteiger partial charge in [-0.1, -0.05) is 18.7 Å². The molecule has 0 spiro atoms. The highest BCUT2D eigenvalue weighted by Crippen LogP contribution is 2.21. The molecule has 0 rings (SSSR count). The first-order valence-corrected chi connectivity index (χ1v) is 3.49. The van der Waals surface area contributed by atoms with Crippen molar-refractivity contribution in [2.75, 3.05) is 0 Å². The smallest absolute Gasteiger partial charge is 0.186 e. The Morgan fingerprint density at radius 1 is 1.50 bits per heavy atom. The molecule has 0 aliphatic heterocycles. The van der Waals surface area contributed by atoms with Crippen molar-refractivity contribution in [1.29, 1.82) is 0 Å². The van der Waals surface area contributed by atoms with Gasteiger partial charge >= 0.3 is 0 Å². The van der Waals surface area contributed by atoms with E-state index in [1.807, 2.05) is 13.8 Å². The van der Waals surface area contributed by atoms with Gasteiger partial charge < -0.3 is 0 Å². The molecule has 0 aliphatic carbocycles. The maximum atomic E-state index is 10.4. The van der Waals surface area contributed by atoms with Crippen LogP contribution in [0.15, 0.2) is 0 Å². The van der Waals surface area contributed by atoms with Crippen LogP contribution >= 0.6 is 11.8 Å². The quantitative estimate of drug-likeness (QED) is 0.571. The van der Waals surface area contributed by atoms with E-state index in [-0.39, 0.29) is 5.12 Å². The van der Waals surface area contributed by atoms with Crippen LogP contribution in [0.4, 0.5) is 0 Å². The summed E-state index contributed by atoms with van der Waals surface area (Å²) in [5.41, 5.74) is 0. The van der Waals surface area contributed by atoms with E-state index in [4.69, 9.17) is 0 Å². The van der Waals surface area contributed by atoms with Crippen molar-refractivity contribution in [3.63, 3.8) is 0 Å². The minimum absolute atomic E-state index is 0.185. The molecule has 0 bridgehead atoms. The van der Waals surface area contributed by atoms with Crippen molar-refractivity contribution in [2.45, 2.75) is 27.2 Å². The Bertz CT molecular complexity index is 80.6. The van der Waals surface area contributed by atoms with Gasteiger partial charge in [0.25, 0.3) is 0 Å². The molecule has 0 aromatic carbocycles. The topological polar surface area (TPSA) is 17.1 Å². The monoisotopic (exact) mass is 131 g/mol. The van der Waals surface area contributed by atoms with E-state index in [0.717, 1.165) is 6.42 Å². The third-order valence-corrected chi connectivity index (χ3v) is 1.74. The second-order valence-electron chi connectivity index (χ2n) is 1.65. The number of hydrogen-bond donors (Lipinski definition) is 0. The van der Waals surface area contributed by atoms with E-state index in [1.165, 1.54) is 17.0 Å². The van der Waals surface area contributed by atoms with Gasteiger partial charge in [0.1, 0.15) is 0 Å². The van der Waals surface area contributed by atoms with Crippen molar-refractivity contribution in [3.05, 3.63) is 5.25 Å². The maximum Gasteiger partial charge on any atom is 0.186 e. The average molecular weight is 131 g/mol. The van der Waals surface area contributed by atoms with Crippen LogP contribution in [0.25, 0.3) is 0 Å². The fourth-order valence-corrected chi connectivity index (χ4v) is 0.953. The molecule has 0 heterocycles. The summed E-state index contributed by atoms with van der Waals surface area (Å²) in [6.45, 7) is 5.61. The standard InChI is InChI=1S/C6H11OS/c1-4-5(2)8-6(3)7/h4H2,1-3H3. The summed E-state index contributed by atoms with van der Waals surface area (Å²) in [5.74, 6) is 0. The van der Waals surface area contributed by atoms with E-state index >= 15 is 0 Å². The van der Waals surface area contributed by atoms with Crippen LogP contribution in [0.5, 0.6) is 0 Å². The van der Waals surface area contributed by atoms with Crippen molar-refractivity contribution < 1.29 is 4.79 Å². The zero-order chi connectivity index (χ0) is 6.57. The molecule has 0 N–H and O–H groups in total. The molecule has 47 valence electrons. The molecule has 0 saturated carbocycles. The predicted octanol–water partition coefficient (Wildman–Crippen LogP) is 2.23. The van der Waals surface area contributed by atoms with Gasteiger partial charge in [-0.15, -0.1) is 0 Å². The molecule has 0 aliphatic rings. The van der Waals surface area contributed by atoms with Crippen LogP contribution in [0, 0.1) is 5.25 Å². The van der Waals surface area contributed by atoms with Crippen LogP contribution in [0.1, 0.15) is 27.2 Å². The lowest BCUT2D eigenvalue weighted by molar-refractivity contribution is -0.109. The van der Waals surface area contributed by atoms with Gasteiger partial charge in [0.2, 0.25) is 0 Å². The molecule has 0 saturated heterocycles. The average Bonchev–Trinajstić information content (AvgIpc) is 1.65. The Balaban J connectivity index is 3.24. The number of carbonyl (C=O) groups is 1. The molecule has 0 atom stereocenters. The lowest BCUT2D eigenvalue weighted by atomic mass is 10.4. The number of rotatable bonds is 2. The molecule has 1 radical (unpaired) electrons. The van der Waals surface area contributed by atoms with E-state index in [1.54, 1.807) is 6.92 Å². The number of thioether (sulfide) groups is 1. The Morgan fingerprint density at radius 3 is 2.12 bits per heavy atom. The SMILES string of the molecule is CC[C](C)SC(C)=O. The summed E-state index contributed by atoms with van der Waals surface area (Å²) in [6, 6.07) is 0. The molecule has 0 aromatic rings. The van der Waals surface area contributed by atoms with E-state index in [2.05, 4.69) is 0 Å². The molecule has 2 heteroatoms. The van der Waals surface area contributed by atoms with E-state index < -0.39 is 0 Å². The van der Waals surface area contributed by atoms with Gasteiger partial charge in [0.05, 0.1) is 0 Å². The third-order valence-electron chi connectivity index (χ3n) is 0.816. The summed E-state index contributed by atoms with van der Waals surface area (Å²) >= 11 is 1.33. The minimum atomic E-state index is 0.185. The van der Waals surface area contributed by atoms with Crippen molar-refractivity contribution >= 4 is 16.9 Å². The first kappa shape index (κ1) is 8.02. The molecule has 1 nitrogen and oxygen atoms in total. The summed E-state index contributed by atoms with van der Waals surface area (Å²) in [6.07, 6.45) is 0.990. The molecule has 0 aromatic heterocycles. The normalized spacial score (nSPS) is 10.0. The van der Waals surface area contributed by atoms with Crippen LogP contribution in [0.3, 0.4) is 0 Å². The summed E-state index contributed by atoms with van der Waals surface area (Å²) in [5, 5.41) is 1.38. The van der Waals surface area contributed by atoms with Gasteiger partial charge in [-0.2, -0.15) is 0 Å². The van der Waals surface area contributed by atoms with Gasteiger partial charge in [-0.3, -0.25) is 4.79 Å². The van der Waals surface area contributed by atoms with Gasteiger partial charge in [-0.25, -0.2) is 0 Å². The second-order valence-corrected chi connectivity index (χ2v) is 3.13. The number of carbonyl (C=O) groups excluding carboxylic acids is 1. The zero-order valence-electron chi connectivity index (χ0n) is 5.52. The molecule has 8 heavy (non-hydrogen) atoms.